The van der Waals surface area contributed by atoms with E-state index in [1.165, 1.54) is 11.1 Å². The van der Waals surface area contributed by atoms with Crippen LogP contribution in [0.1, 0.15) is 83.0 Å². The van der Waals surface area contributed by atoms with Gasteiger partial charge >= 0.3 is 0 Å². The molecule has 0 aliphatic carbocycles. The van der Waals surface area contributed by atoms with Crippen molar-refractivity contribution in [1.82, 2.24) is 5.32 Å². The fourth-order valence-electron chi connectivity index (χ4n) is 5.08. The Bertz CT molecular complexity index is 1000. The molecule has 0 radical (unpaired) electrons. The molecule has 2 N–H and O–H groups in total. The smallest absolute Gasteiger partial charge is 0.223 e. The van der Waals surface area contributed by atoms with Gasteiger partial charge in [0.15, 0.2) is 11.5 Å². The topological polar surface area (TPSA) is 77.0 Å². The summed E-state index contributed by atoms with van der Waals surface area (Å²) in [5.74, 6) is 2.26. The number of benzene rings is 2. The van der Waals surface area contributed by atoms with Crippen LogP contribution in [0, 0.1) is 30.6 Å². The first-order valence-corrected chi connectivity index (χ1v) is 14.9. The molecule has 2 rings (SSSR count). The highest BCUT2D eigenvalue weighted by molar-refractivity contribution is 5.79. The molecule has 4 atom stereocenters. The summed E-state index contributed by atoms with van der Waals surface area (Å²) in [6.07, 6.45) is 3.22. The van der Waals surface area contributed by atoms with E-state index < -0.39 is 6.10 Å². The van der Waals surface area contributed by atoms with E-state index in [1.54, 1.807) is 14.2 Å². The summed E-state index contributed by atoms with van der Waals surface area (Å²) in [6, 6.07) is 14.3. The highest BCUT2D eigenvalue weighted by atomic mass is 16.5. The third-order valence-electron chi connectivity index (χ3n) is 7.89. The molecule has 0 bridgehead atoms. The van der Waals surface area contributed by atoms with Crippen LogP contribution >= 0.6 is 0 Å². The molecule has 2 aromatic carbocycles. The van der Waals surface area contributed by atoms with E-state index in [0.717, 1.165) is 36.3 Å². The van der Waals surface area contributed by atoms with Gasteiger partial charge < -0.3 is 24.6 Å². The molecule has 2 aromatic rings. The minimum Gasteiger partial charge on any atom is -0.493 e. The van der Waals surface area contributed by atoms with Crippen LogP contribution in [-0.2, 0) is 16.0 Å². The van der Waals surface area contributed by atoms with Crippen molar-refractivity contribution in [2.75, 3.05) is 27.4 Å². The van der Waals surface area contributed by atoms with Crippen LogP contribution in [0.25, 0.3) is 0 Å². The van der Waals surface area contributed by atoms with Crippen LogP contribution in [0.4, 0.5) is 0 Å². The number of aryl methyl sites for hydroxylation is 1. The summed E-state index contributed by atoms with van der Waals surface area (Å²) in [4.78, 5) is 13.2. The number of ether oxygens (including phenoxy) is 3. The molecule has 40 heavy (non-hydrogen) atoms. The maximum Gasteiger partial charge on any atom is 0.223 e. The minimum absolute atomic E-state index is 0.0128. The Kier molecular flexibility index (Phi) is 14.5. The Balaban J connectivity index is 1.97. The monoisotopic (exact) mass is 555 g/mol. The number of aliphatic hydroxyl groups excluding tert-OH is 1. The van der Waals surface area contributed by atoms with E-state index in [9.17, 15) is 9.90 Å². The zero-order chi connectivity index (χ0) is 29.7. The molecule has 0 aliphatic rings. The molecule has 6 nitrogen and oxygen atoms in total. The van der Waals surface area contributed by atoms with Gasteiger partial charge in [-0.05, 0) is 80.5 Å². The van der Waals surface area contributed by atoms with E-state index in [2.05, 4.69) is 76.3 Å². The van der Waals surface area contributed by atoms with Crippen molar-refractivity contribution in [3.8, 4) is 11.5 Å². The summed E-state index contributed by atoms with van der Waals surface area (Å²) < 4.78 is 16.6. The van der Waals surface area contributed by atoms with Gasteiger partial charge in [0.05, 0.1) is 25.9 Å². The number of hydrogen-bond donors (Lipinski definition) is 2. The molecule has 224 valence electrons. The number of amides is 1. The second kappa shape index (κ2) is 17.3. The Morgan fingerprint density at radius 2 is 1.60 bits per heavy atom. The highest BCUT2D eigenvalue weighted by Gasteiger charge is 2.27. The Morgan fingerprint density at radius 3 is 2.20 bits per heavy atom. The number of carbonyl (C=O) groups is 1. The number of methoxy groups -OCH3 is 2. The third kappa shape index (κ3) is 11.1. The van der Waals surface area contributed by atoms with Crippen molar-refractivity contribution in [2.45, 2.75) is 85.8 Å². The van der Waals surface area contributed by atoms with Crippen molar-refractivity contribution in [2.24, 2.45) is 23.7 Å². The zero-order valence-electron chi connectivity index (χ0n) is 26.0. The molecule has 0 aliphatic heterocycles. The van der Waals surface area contributed by atoms with Gasteiger partial charge in [0, 0.05) is 26.1 Å². The zero-order valence-corrected chi connectivity index (χ0v) is 26.0. The number of carbonyl (C=O) groups excluding carboxylic acids is 1. The molecule has 0 spiro atoms. The lowest BCUT2D eigenvalue weighted by Gasteiger charge is -2.27. The summed E-state index contributed by atoms with van der Waals surface area (Å²) in [7, 11) is 3.35. The quantitative estimate of drug-likeness (QED) is 0.195. The predicted octanol–water partition coefficient (Wildman–Crippen LogP) is 6.91. The summed E-state index contributed by atoms with van der Waals surface area (Å²) in [5, 5.41) is 14.2. The highest BCUT2D eigenvalue weighted by Crippen LogP contribution is 2.32. The first-order chi connectivity index (χ1) is 19.0. The molecule has 0 heterocycles. The van der Waals surface area contributed by atoms with E-state index in [1.807, 2.05) is 13.0 Å². The lowest BCUT2D eigenvalue weighted by molar-refractivity contribution is -0.128. The molecule has 0 saturated heterocycles. The van der Waals surface area contributed by atoms with Crippen LogP contribution in [0.2, 0.25) is 0 Å². The van der Waals surface area contributed by atoms with Crippen molar-refractivity contribution in [3.05, 3.63) is 59.2 Å². The molecule has 0 saturated carbocycles. The number of hydrogen-bond acceptors (Lipinski definition) is 5. The number of nitrogens with one attached hydrogen (secondary N) is 1. The van der Waals surface area contributed by atoms with E-state index in [-0.39, 0.29) is 23.8 Å². The van der Waals surface area contributed by atoms with E-state index >= 15 is 0 Å². The van der Waals surface area contributed by atoms with Crippen LogP contribution in [0.3, 0.4) is 0 Å². The van der Waals surface area contributed by atoms with Gasteiger partial charge in [-0.15, -0.1) is 0 Å². The SMILES string of the molecule is COCCCOc1cc(CC(CC[C@@H](O)CC(C(=O)N[C@@H](C)c2ccc(C)cc2)C(C)C)C(C)C)ccc1OC. The average Bonchev–Trinajstić information content (AvgIpc) is 2.92. The lowest BCUT2D eigenvalue weighted by Crippen LogP contribution is -2.37. The van der Waals surface area contributed by atoms with E-state index in [0.29, 0.717) is 37.9 Å². The van der Waals surface area contributed by atoms with Gasteiger partial charge in [-0.25, -0.2) is 0 Å². The first-order valence-electron chi connectivity index (χ1n) is 14.9. The fourth-order valence-corrected chi connectivity index (χ4v) is 5.08. The number of rotatable bonds is 18. The fraction of sp³-hybridized carbons (Fsp3) is 0.618. The average molecular weight is 556 g/mol. The Labute approximate surface area is 242 Å². The van der Waals surface area contributed by atoms with Gasteiger partial charge in [-0.2, -0.15) is 0 Å². The molecular formula is C34H53NO5. The number of aliphatic hydroxyl groups is 1. The van der Waals surface area contributed by atoms with Gasteiger partial charge in [0.2, 0.25) is 5.91 Å². The molecule has 2 unspecified atom stereocenters. The van der Waals surface area contributed by atoms with Crippen LogP contribution in [0.15, 0.2) is 42.5 Å². The van der Waals surface area contributed by atoms with Gasteiger partial charge in [-0.1, -0.05) is 63.6 Å². The molecule has 0 aromatic heterocycles. The normalized spacial score (nSPS) is 14.6. The standard InChI is InChI=1S/C34H53NO5/c1-23(2)29(20-27-12-17-32(39-8)33(21-27)40-19-9-18-38-7)15-16-30(36)22-31(24(3)4)34(37)35-26(6)28-13-10-25(5)11-14-28/h10-14,17,21,23-24,26,29-31,36H,9,15-16,18-20,22H2,1-8H3,(H,35,37)/t26-,29?,30+,31?/m0/s1. The third-order valence-corrected chi connectivity index (χ3v) is 7.89. The Morgan fingerprint density at radius 1 is 0.900 bits per heavy atom. The van der Waals surface area contributed by atoms with Crippen LogP contribution in [0.5, 0.6) is 11.5 Å². The maximum absolute atomic E-state index is 13.2. The summed E-state index contributed by atoms with van der Waals surface area (Å²) in [6.45, 7) is 13.9. The van der Waals surface area contributed by atoms with Gasteiger partial charge in [0.25, 0.3) is 0 Å². The first kappa shape index (κ1) is 33.6. The van der Waals surface area contributed by atoms with Gasteiger partial charge in [-0.3, -0.25) is 4.79 Å². The second-order valence-electron chi connectivity index (χ2n) is 11.8. The van der Waals surface area contributed by atoms with Crippen LogP contribution in [-0.4, -0.2) is 44.6 Å². The largest absolute Gasteiger partial charge is 0.493 e. The maximum atomic E-state index is 13.2. The van der Waals surface area contributed by atoms with E-state index in [4.69, 9.17) is 14.2 Å². The lowest BCUT2D eigenvalue weighted by atomic mass is 9.82. The second-order valence-corrected chi connectivity index (χ2v) is 11.8. The van der Waals surface area contributed by atoms with Crippen molar-refractivity contribution in [1.29, 1.82) is 0 Å². The molecule has 1 amide bonds. The summed E-state index contributed by atoms with van der Waals surface area (Å²) in [5.41, 5.74) is 3.48. The van der Waals surface area contributed by atoms with Gasteiger partial charge in [0.1, 0.15) is 0 Å². The van der Waals surface area contributed by atoms with Crippen LogP contribution < -0.4 is 14.8 Å². The molecular weight excluding hydrogens is 502 g/mol. The Hall–Kier alpha value is -2.57. The minimum atomic E-state index is -0.523. The van der Waals surface area contributed by atoms with Crippen molar-refractivity contribution >= 4 is 5.91 Å². The van der Waals surface area contributed by atoms with Crippen molar-refractivity contribution < 1.29 is 24.1 Å². The molecule has 6 heteroatoms. The van der Waals surface area contributed by atoms with Crippen molar-refractivity contribution in [3.63, 3.8) is 0 Å². The summed E-state index contributed by atoms with van der Waals surface area (Å²) >= 11 is 0. The predicted molar refractivity (Wildman–Crippen MR) is 163 cm³/mol. The molecule has 0 fully saturated rings.